The molecule has 1 saturated heterocycles. The summed E-state index contributed by atoms with van der Waals surface area (Å²) in [5.74, 6) is 0.731. The van der Waals surface area contributed by atoms with Crippen LogP contribution in [0.2, 0.25) is 0 Å². The number of aryl methyl sites for hydroxylation is 1. The lowest BCUT2D eigenvalue weighted by Gasteiger charge is -2.35. The van der Waals surface area contributed by atoms with Crippen molar-refractivity contribution >= 4 is 22.4 Å². The van der Waals surface area contributed by atoms with Gasteiger partial charge < -0.3 is 14.6 Å². The van der Waals surface area contributed by atoms with Crippen molar-refractivity contribution in [3.05, 3.63) is 48.0 Å². The Balaban J connectivity index is 0.00000225. The Bertz CT molecular complexity index is 809. The highest BCUT2D eigenvalue weighted by atomic mass is 35.5. The van der Waals surface area contributed by atoms with Gasteiger partial charge in [0.2, 0.25) is 10.0 Å². The summed E-state index contributed by atoms with van der Waals surface area (Å²) in [5, 5.41) is 3.26. The fourth-order valence-electron chi connectivity index (χ4n) is 3.05. The lowest BCUT2D eigenvalue weighted by Crippen LogP contribution is -2.49. The minimum absolute atomic E-state index is 0. The average Bonchev–Trinajstić information content (AvgIpc) is 3.01. The van der Waals surface area contributed by atoms with E-state index in [1.54, 1.807) is 35.8 Å². The highest BCUT2D eigenvalue weighted by Crippen LogP contribution is 2.29. The van der Waals surface area contributed by atoms with Crippen LogP contribution in [0.1, 0.15) is 17.4 Å². The Morgan fingerprint density at radius 3 is 2.80 bits per heavy atom. The Morgan fingerprint density at radius 1 is 1.36 bits per heavy atom. The van der Waals surface area contributed by atoms with Crippen LogP contribution in [0.15, 0.2) is 41.6 Å². The SMILES string of the molecule is COCc1ccccc1S(=O)(=O)N1CCNCC1c1nccn1C.Cl. The Labute approximate surface area is 154 Å². The lowest BCUT2D eigenvalue weighted by molar-refractivity contribution is 0.182. The first-order valence-electron chi connectivity index (χ1n) is 7.82. The number of ether oxygens (including phenoxy) is 1. The van der Waals surface area contributed by atoms with E-state index in [0.29, 0.717) is 30.1 Å². The maximum atomic E-state index is 13.3. The minimum atomic E-state index is -3.65. The van der Waals surface area contributed by atoms with Crippen LogP contribution in [0.3, 0.4) is 0 Å². The molecule has 138 valence electrons. The maximum absolute atomic E-state index is 13.3. The molecule has 2 aromatic rings. The molecule has 1 unspecified atom stereocenters. The van der Waals surface area contributed by atoms with Gasteiger partial charge in [-0.1, -0.05) is 18.2 Å². The second-order valence-electron chi connectivity index (χ2n) is 5.77. The number of benzene rings is 1. The van der Waals surface area contributed by atoms with Gasteiger partial charge in [-0.3, -0.25) is 0 Å². The molecule has 1 aromatic heterocycles. The molecule has 1 aliphatic heterocycles. The molecule has 0 bridgehead atoms. The predicted molar refractivity (Wildman–Crippen MR) is 97.1 cm³/mol. The molecule has 7 nitrogen and oxygen atoms in total. The lowest BCUT2D eigenvalue weighted by atomic mass is 10.2. The zero-order chi connectivity index (χ0) is 17.2. The quantitative estimate of drug-likeness (QED) is 0.838. The van der Waals surface area contributed by atoms with Gasteiger partial charge in [-0.15, -0.1) is 12.4 Å². The Kier molecular flexibility index (Phi) is 6.59. The number of sulfonamides is 1. The van der Waals surface area contributed by atoms with E-state index in [-0.39, 0.29) is 25.1 Å². The average molecular weight is 387 g/mol. The van der Waals surface area contributed by atoms with Crippen LogP contribution in [-0.2, 0) is 28.4 Å². The van der Waals surface area contributed by atoms with Crippen LogP contribution in [0.25, 0.3) is 0 Å². The molecule has 0 amide bonds. The number of aromatic nitrogens is 2. The summed E-state index contributed by atoms with van der Waals surface area (Å²) in [6.07, 6.45) is 3.52. The van der Waals surface area contributed by atoms with Gasteiger partial charge in [-0.2, -0.15) is 4.31 Å². The van der Waals surface area contributed by atoms with Crippen molar-refractivity contribution in [2.75, 3.05) is 26.7 Å². The first-order valence-corrected chi connectivity index (χ1v) is 9.26. The van der Waals surface area contributed by atoms with Gasteiger partial charge >= 0.3 is 0 Å². The summed E-state index contributed by atoms with van der Waals surface area (Å²) in [4.78, 5) is 4.65. The number of nitrogens with one attached hydrogen (secondary N) is 1. The van der Waals surface area contributed by atoms with Gasteiger partial charge in [0.1, 0.15) is 5.82 Å². The number of nitrogens with zero attached hydrogens (tertiary/aromatic N) is 3. The first-order chi connectivity index (χ1) is 11.6. The fourth-order valence-corrected chi connectivity index (χ4v) is 4.85. The van der Waals surface area contributed by atoms with Gasteiger partial charge in [0.15, 0.2) is 0 Å². The third-order valence-corrected chi connectivity index (χ3v) is 6.22. The highest BCUT2D eigenvalue weighted by Gasteiger charge is 2.37. The number of imidazole rings is 1. The smallest absolute Gasteiger partial charge is 0.244 e. The van der Waals surface area contributed by atoms with Gasteiger partial charge in [0.25, 0.3) is 0 Å². The zero-order valence-corrected chi connectivity index (χ0v) is 15.9. The molecule has 1 atom stereocenters. The molecule has 1 N–H and O–H groups in total. The molecule has 0 saturated carbocycles. The monoisotopic (exact) mass is 386 g/mol. The van der Waals surface area contributed by atoms with Gasteiger partial charge in [-0.25, -0.2) is 13.4 Å². The van der Waals surface area contributed by atoms with Gasteiger partial charge in [0, 0.05) is 46.2 Å². The molecule has 2 heterocycles. The number of piperazine rings is 1. The van der Waals surface area contributed by atoms with E-state index in [1.165, 1.54) is 0 Å². The topological polar surface area (TPSA) is 76.5 Å². The summed E-state index contributed by atoms with van der Waals surface area (Å²) in [6, 6.07) is 6.65. The van der Waals surface area contributed by atoms with E-state index >= 15 is 0 Å². The number of hydrogen-bond donors (Lipinski definition) is 1. The third kappa shape index (κ3) is 3.88. The van der Waals surface area contributed by atoms with Crippen molar-refractivity contribution < 1.29 is 13.2 Å². The molecule has 0 aliphatic carbocycles. The van der Waals surface area contributed by atoms with Crippen molar-refractivity contribution in [3.63, 3.8) is 0 Å². The molecule has 25 heavy (non-hydrogen) atoms. The van der Waals surface area contributed by atoms with Crippen molar-refractivity contribution in [2.24, 2.45) is 7.05 Å². The Morgan fingerprint density at radius 2 is 2.12 bits per heavy atom. The van der Waals surface area contributed by atoms with E-state index in [4.69, 9.17) is 4.74 Å². The van der Waals surface area contributed by atoms with E-state index < -0.39 is 10.0 Å². The molecule has 0 spiro atoms. The van der Waals surface area contributed by atoms with E-state index in [2.05, 4.69) is 10.3 Å². The molecule has 1 aromatic carbocycles. The van der Waals surface area contributed by atoms with Crippen molar-refractivity contribution in [2.45, 2.75) is 17.5 Å². The molecule has 9 heteroatoms. The molecule has 0 radical (unpaired) electrons. The largest absolute Gasteiger partial charge is 0.380 e. The summed E-state index contributed by atoms with van der Waals surface area (Å²) in [6.45, 7) is 1.82. The van der Waals surface area contributed by atoms with Crippen molar-refractivity contribution in [3.8, 4) is 0 Å². The standard InChI is InChI=1S/C16H22N4O3S.ClH/c1-19-9-8-18-16(19)14-11-17-7-10-20(14)24(21,22)15-6-4-3-5-13(15)12-23-2;/h3-6,8-9,14,17H,7,10-12H2,1-2H3;1H. The summed E-state index contributed by atoms with van der Waals surface area (Å²) in [7, 11) is -0.211. The molecular formula is C16H23ClN4O3S. The summed E-state index contributed by atoms with van der Waals surface area (Å²) >= 11 is 0. The predicted octanol–water partition coefficient (Wildman–Crippen LogP) is 1.32. The van der Waals surface area contributed by atoms with Crippen molar-refractivity contribution in [1.82, 2.24) is 19.2 Å². The van der Waals surface area contributed by atoms with Crippen LogP contribution in [0.4, 0.5) is 0 Å². The van der Waals surface area contributed by atoms with Crippen LogP contribution in [-0.4, -0.2) is 49.0 Å². The fraction of sp³-hybridized carbons (Fsp3) is 0.438. The Hall–Kier alpha value is -1.45. The third-order valence-electron chi connectivity index (χ3n) is 4.21. The van der Waals surface area contributed by atoms with Crippen molar-refractivity contribution in [1.29, 1.82) is 0 Å². The van der Waals surface area contributed by atoms with Crippen LogP contribution >= 0.6 is 12.4 Å². The van der Waals surface area contributed by atoms with Gasteiger partial charge in [-0.05, 0) is 11.6 Å². The number of halogens is 1. The molecule has 1 aliphatic rings. The zero-order valence-electron chi connectivity index (χ0n) is 14.3. The second-order valence-corrected chi connectivity index (χ2v) is 7.63. The molecular weight excluding hydrogens is 364 g/mol. The highest BCUT2D eigenvalue weighted by molar-refractivity contribution is 7.89. The van der Waals surface area contributed by atoms with Crippen LogP contribution < -0.4 is 5.32 Å². The number of rotatable bonds is 5. The number of hydrogen-bond acceptors (Lipinski definition) is 5. The molecule has 1 fully saturated rings. The maximum Gasteiger partial charge on any atom is 0.244 e. The van der Waals surface area contributed by atoms with E-state index in [0.717, 1.165) is 5.82 Å². The van der Waals surface area contributed by atoms with Crippen LogP contribution in [0.5, 0.6) is 0 Å². The normalized spacial score (nSPS) is 18.7. The minimum Gasteiger partial charge on any atom is -0.380 e. The van der Waals surface area contributed by atoms with E-state index in [1.807, 2.05) is 23.9 Å². The van der Waals surface area contributed by atoms with Gasteiger partial charge in [0.05, 0.1) is 17.5 Å². The second kappa shape index (κ2) is 8.29. The number of methoxy groups -OCH3 is 1. The van der Waals surface area contributed by atoms with E-state index in [9.17, 15) is 8.42 Å². The van der Waals surface area contributed by atoms with Crippen LogP contribution in [0, 0.1) is 0 Å². The summed E-state index contributed by atoms with van der Waals surface area (Å²) < 4.78 is 35.2. The first kappa shape index (κ1) is 19.9. The molecule has 3 rings (SSSR count). The summed E-state index contributed by atoms with van der Waals surface area (Å²) in [5.41, 5.74) is 0.664.